The number of alkyl halides is 3. The van der Waals surface area contributed by atoms with Crippen LogP contribution < -0.4 is 5.32 Å². The highest BCUT2D eigenvalue weighted by Crippen LogP contribution is 2.37. The first-order chi connectivity index (χ1) is 17.6. The van der Waals surface area contributed by atoms with Crippen molar-refractivity contribution < 1.29 is 32.3 Å². The Balaban J connectivity index is 1.32. The third-order valence-electron chi connectivity index (χ3n) is 6.79. The number of likely N-dealkylation sites (tertiary alicyclic amines) is 2. The molecule has 8 nitrogen and oxygen atoms in total. The van der Waals surface area contributed by atoms with Gasteiger partial charge in [0.25, 0.3) is 17.1 Å². The van der Waals surface area contributed by atoms with Crippen molar-refractivity contribution in [1.82, 2.24) is 20.0 Å². The van der Waals surface area contributed by atoms with Crippen molar-refractivity contribution in [1.29, 1.82) is 0 Å². The standard InChI is InChI=1S/C25H29F3N4O4S/c26-25(27,28)19-7-3-2-6-18(19)22(34)31-13-8-17(9-14-31)21-23(35)32(24(36)37-21)16-20(33)29-10-15-30-11-4-1-5-12-30/h2-3,6-7H,1,4-5,8-16H2,(H,29,33). The van der Waals surface area contributed by atoms with Crippen LogP contribution in [0.2, 0.25) is 0 Å². The van der Waals surface area contributed by atoms with Crippen molar-refractivity contribution in [3.63, 3.8) is 0 Å². The van der Waals surface area contributed by atoms with Crippen LogP contribution in [0, 0.1) is 0 Å². The lowest BCUT2D eigenvalue weighted by Gasteiger charge is -2.30. The third-order valence-corrected chi connectivity index (χ3v) is 7.85. The number of rotatable bonds is 6. The number of halogens is 3. The lowest BCUT2D eigenvalue weighted by atomic mass is 10.0. The smallest absolute Gasteiger partial charge is 0.353 e. The van der Waals surface area contributed by atoms with Crippen LogP contribution in [0.3, 0.4) is 0 Å². The lowest BCUT2D eigenvalue weighted by molar-refractivity contribution is -0.138. The molecule has 1 aromatic rings. The van der Waals surface area contributed by atoms with E-state index in [1.54, 1.807) is 0 Å². The number of nitrogens with zero attached hydrogens (tertiary/aromatic N) is 3. The van der Waals surface area contributed by atoms with Gasteiger partial charge >= 0.3 is 6.18 Å². The molecule has 3 heterocycles. The molecule has 200 valence electrons. The fourth-order valence-corrected chi connectivity index (χ4v) is 5.76. The molecule has 0 spiro atoms. The number of hydrogen-bond donors (Lipinski definition) is 1. The van der Waals surface area contributed by atoms with E-state index in [1.165, 1.54) is 23.5 Å². The molecule has 0 radical (unpaired) electrons. The van der Waals surface area contributed by atoms with Gasteiger partial charge in [0.05, 0.1) is 16.0 Å². The quantitative estimate of drug-likeness (QED) is 0.558. The van der Waals surface area contributed by atoms with E-state index in [9.17, 15) is 32.3 Å². The van der Waals surface area contributed by atoms with Crippen LogP contribution >= 0.6 is 11.8 Å². The number of nitrogens with one attached hydrogen (secondary N) is 1. The van der Waals surface area contributed by atoms with Crippen molar-refractivity contribution in [2.45, 2.75) is 38.3 Å². The van der Waals surface area contributed by atoms with Gasteiger partial charge in [-0.1, -0.05) is 18.6 Å². The normalized spacial score (nSPS) is 19.5. The molecule has 0 bridgehead atoms. The molecule has 0 saturated carbocycles. The Hall–Kier alpha value is -2.86. The molecule has 4 rings (SSSR count). The maximum atomic E-state index is 13.3. The van der Waals surface area contributed by atoms with Crippen molar-refractivity contribution in [3.8, 4) is 0 Å². The number of thioether (sulfide) groups is 1. The number of piperidine rings is 2. The van der Waals surface area contributed by atoms with Crippen molar-refractivity contribution in [2.75, 3.05) is 45.8 Å². The first-order valence-corrected chi connectivity index (χ1v) is 13.2. The van der Waals surface area contributed by atoms with Crippen molar-refractivity contribution >= 4 is 34.7 Å². The number of amides is 4. The maximum Gasteiger partial charge on any atom is 0.417 e. The van der Waals surface area contributed by atoms with Gasteiger partial charge in [0.2, 0.25) is 5.91 Å². The van der Waals surface area contributed by atoms with Gasteiger partial charge in [-0.15, -0.1) is 0 Å². The van der Waals surface area contributed by atoms with E-state index in [0.29, 0.717) is 12.1 Å². The Kier molecular flexibility index (Phi) is 8.58. The molecule has 0 unspecified atom stereocenters. The summed E-state index contributed by atoms with van der Waals surface area (Å²) in [5.74, 6) is -1.67. The van der Waals surface area contributed by atoms with Gasteiger partial charge < -0.3 is 15.1 Å². The van der Waals surface area contributed by atoms with Crippen molar-refractivity contribution in [3.05, 3.63) is 45.9 Å². The molecule has 37 heavy (non-hydrogen) atoms. The number of benzene rings is 1. The summed E-state index contributed by atoms with van der Waals surface area (Å²) in [5, 5.41) is 2.23. The predicted octanol–water partition coefficient (Wildman–Crippen LogP) is 3.49. The highest BCUT2D eigenvalue weighted by Gasteiger charge is 2.40. The highest BCUT2D eigenvalue weighted by molar-refractivity contribution is 8.18. The van der Waals surface area contributed by atoms with Gasteiger partial charge in [-0.3, -0.25) is 24.1 Å². The van der Waals surface area contributed by atoms with Crippen LogP contribution in [0.25, 0.3) is 0 Å². The first kappa shape index (κ1) is 27.2. The van der Waals surface area contributed by atoms with Crippen molar-refractivity contribution in [2.24, 2.45) is 0 Å². The lowest BCUT2D eigenvalue weighted by Crippen LogP contribution is -2.43. The average molecular weight is 539 g/mol. The van der Waals surface area contributed by atoms with Gasteiger partial charge in [-0.05, 0) is 68.2 Å². The topological polar surface area (TPSA) is 90.0 Å². The molecule has 3 aliphatic rings. The Morgan fingerprint density at radius 3 is 2.32 bits per heavy atom. The molecule has 4 amide bonds. The van der Waals surface area contributed by atoms with Crippen LogP contribution in [0.4, 0.5) is 18.0 Å². The monoisotopic (exact) mass is 538 g/mol. The fraction of sp³-hybridized carbons (Fsp3) is 0.520. The van der Waals surface area contributed by atoms with E-state index >= 15 is 0 Å². The van der Waals surface area contributed by atoms with Crippen LogP contribution in [0.1, 0.15) is 48.0 Å². The van der Waals surface area contributed by atoms with Gasteiger partial charge in [-0.25, -0.2) is 0 Å². The second-order valence-corrected chi connectivity index (χ2v) is 10.2. The van der Waals surface area contributed by atoms with E-state index in [0.717, 1.165) is 61.3 Å². The molecule has 1 aromatic carbocycles. The summed E-state index contributed by atoms with van der Waals surface area (Å²) < 4.78 is 40.0. The molecule has 12 heteroatoms. The molecule has 1 N–H and O–H groups in total. The Morgan fingerprint density at radius 1 is 0.973 bits per heavy atom. The predicted molar refractivity (Wildman–Crippen MR) is 132 cm³/mol. The largest absolute Gasteiger partial charge is 0.417 e. The van der Waals surface area contributed by atoms with Crippen LogP contribution in [0.5, 0.6) is 0 Å². The zero-order valence-electron chi connectivity index (χ0n) is 20.3. The molecule has 0 atom stereocenters. The first-order valence-electron chi connectivity index (χ1n) is 12.4. The van der Waals surface area contributed by atoms with Gasteiger partial charge in [0.1, 0.15) is 6.54 Å². The van der Waals surface area contributed by atoms with Gasteiger partial charge in [0.15, 0.2) is 0 Å². The molecular weight excluding hydrogens is 509 g/mol. The molecular formula is C25H29F3N4O4S. The number of hydrogen-bond acceptors (Lipinski definition) is 6. The van der Waals surface area contributed by atoms with Gasteiger partial charge in [0, 0.05) is 26.2 Å². The molecule has 3 aliphatic heterocycles. The minimum absolute atomic E-state index is 0.128. The summed E-state index contributed by atoms with van der Waals surface area (Å²) in [6.45, 7) is 3.07. The van der Waals surface area contributed by atoms with Crippen LogP contribution in [-0.4, -0.2) is 83.5 Å². The van der Waals surface area contributed by atoms with Gasteiger partial charge in [-0.2, -0.15) is 13.2 Å². The Bertz CT molecular complexity index is 1090. The molecule has 0 aromatic heterocycles. The second kappa shape index (κ2) is 11.7. The zero-order valence-corrected chi connectivity index (χ0v) is 21.1. The Labute approximate surface area is 217 Å². The summed E-state index contributed by atoms with van der Waals surface area (Å²) in [6, 6.07) is 4.66. The SMILES string of the molecule is O=C(CN1C(=O)SC(=C2CCN(C(=O)c3ccccc3C(F)(F)F)CC2)C1=O)NCCN1CCCCC1. The third kappa shape index (κ3) is 6.53. The zero-order chi connectivity index (χ0) is 26.6. The number of carbonyl (C=O) groups excluding carboxylic acids is 4. The van der Waals surface area contributed by atoms with Crippen LogP contribution in [0.15, 0.2) is 34.7 Å². The molecule has 3 saturated heterocycles. The fourth-order valence-electron chi connectivity index (χ4n) is 4.78. The second-order valence-electron chi connectivity index (χ2n) is 9.28. The van der Waals surface area contributed by atoms with E-state index in [2.05, 4.69) is 10.2 Å². The van der Waals surface area contributed by atoms with E-state index < -0.39 is 40.3 Å². The van der Waals surface area contributed by atoms with E-state index in [-0.39, 0.29) is 37.4 Å². The Morgan fingerprint density at radius 2 is 1.65 bits per heavy atom. The maximum absolute atomic E-state index is 13.3. The summed E-state index contributed by atoms with van der Waals surface area (Å²) in [5.41, 5.74) is -0.726. The minimum Gasteiger partial charge on any atom is -0.353 e. The van der Waals surface area contributed by atoms with E-state index in [4.69, 9.17) is 0 Å². The number of imide groups is 1. The summed E-state index contributed by atoms with van der Waals surface area (Å²) in [7, 11) is 0. The summed E-state index contributed by atoms with van der Waals surface area (Å²) in [4.78, 5) is 55.3. The molecule has 3 fully saturated rings. The minimum atomic E-state index is -4.65. The highest BCUT2D eigenvalue weighted by atomic mass is 32.2. The number of carbonyl (C=O) groups is 4. The summed E-state index contributed by atoms with van der Waals surface area (Å²) >= 11 is 0.765. The van der Waals surface area contributed by atoms with Crippen LogP contribution in [-0.2, 0) is 15.8 Å². The average Bonchev–Trinajstić information content (AvgIpc) is 3.17. The summed E-state index contributed by atoms with van der Waals surface area (Å²) in [6.07, 6.45) is -0.615. The van der Waals surface area contributed by atoms with E-state index in [1.807, 2.05) is 0 Å². The molecule has 0 aliphatic carbocycles.